The van der Waals surface area contributed by atoms with E-state index in [0.29, 0.717) is 5.41 Å². The van der Waals surface area contributed by atoms with Gasteiger partial charge < -0.3 is 15.0 Å². The van der Waals surface area contributed by atoms with Crippen molar-refractivity contribution in [3.8, 4) is 0 Å². The largest absolute Gasteiger partial charge is 0.477 e. The Hall–Kier alpha value is -1.78. The number of carboxylic acids is 1. The van der Waals surface area contributed by atoms with Gasteiger partial charge in [0.15, 0.2) is 0 Å². The quantitative estimate of drug-likeness (QED) is 0.816. The molecule has 1 aromatic rings. The van der Waals surface area contributed by atoms with E-state index in [1.807, 2.05) is 0 Å². The Labute approximate surface area is 111 Å². The zero-order chi connectivity index (χ0) is 13.5. The van der Waals surface area contributed by atoms with Crippen LogP contribution in [0.3, 0.4) is 0 Å². The first-order chi connectivity index (χ1) is 9.11. The Morgan fingerprint density at radius 3 is 2.74 bits per heavy atom. The number of hydrogen-bond donors (Lipinski definition) is 2. The van der Waals surface area contributed by atoms with E-state index in [2.05, 4.69) is 5.32 Å². The lowest BCUT2D eigenvalue weighted by Crippen LogP contribution is -2.34. The van der Waals surface area contributed by atoms with Crippen molar-refractivity contribution in [2.45, 2.75) is 32.2 Å². The molecule has 2 N–H and O–H groups in total. The number of hydrogen-bond acceptors (Lipinski definition) is 2. The molecule has 0 atom stereocenters. The molecule has 2 aliphatic carbocycles. The zero-order valence-electron chi connectivity index (χ0n) is 10.8. The van der Waals surface area contributed by atoms with Crippen molar-refractivity contribution >= 4 is 11.9 Å². The molecule has 2 fully saturated rings. The highest BCUT2D eigenvalue weighted by Crippen LogP contribution is 2.60. The summed E-state index contributed by atoms with van der Waals surface area (Å²) in [5.41, 5.74) is 0.528. The summed E-state index contributed by atoms with van der Waals surface area (Å²) in [4.78, 5) is 22.8. The Bertz CT molecular complexity index is 513. The number of amides is 1. The second-order valence-corrected chi connectivity index (χ2v) is 5.74. The third kappa shape index (κ3) is 2.50. The minimum atomic E-state index is -1.01. The molecule has 2 aliphatic rings. The summed E-state index contributed by atoms with van der Waals surface area (Å²) in [6, 6.07) is 3.14. The molecule has 0 saturated heterocycles. The molecule has 19 heavy (non-hydrogen) atoms. The Balaban J connectivity index is 1.53. The van der Waals surface area contributed by atoms with Crippen LogP contribution < -0.4 is 5.32 Å². The average molecular weight is 262 g/mol. The van der Waals surface area contributed by atoms with Crippen molar-refractivity contribution in [2.75, 3.05) is 6.54 Å². The predicted molar refractivity (Wildman–Crippen MR) is 68.8 cm³/mol. The fraction of sp³-hybridized carbons (Fsp3) is 0.571. The Kier molecular flexibility index (Phi) is 2.84. The van der Waals surface area contributed by atoms with Gasteiger partial charge in [-0.25, -0.2) is 4.79 Å². The van der Waals surface area contributed by atoms with Gasteiger partial charge in [-0.05, 0) is 49.1 Å². The molecule has 1 amide bonds. The number of nitrogens with one attached hydrogen (secondary N) is 1. The smallest absolute Gasteiger partial charge is 0.352 e. The topological polar surface area (TPSA) is 71.3 Å². The third-order valence-corrected chi connectivity index (χ3v) is 4.34. The monoisotopic (exact) mass is 262 g/mol. The van der Waals surface area contributed by atoms with Crippen LogP contribution in [0.4, 0.5) is 0 Å². The molecule has 1 heterocycles. The zero-order valence-corrected chi connectivity index (χ0v) is 10.8. The number of aromatic nitrogens is 1. The van der Waals surface area contributed by atoms with Gasteiger partial charge in [0.1, 0.15) is 12.2 Å². The molecule has 0 aliphatic heterocycles. The van der Waals surface area contributed by atoms with Gasteiger partial charge in [0.2, 0.25) is 5.91 Å². The van der Waals surface area contributed by atoms with E-state index in [4.69, 9.17) is 5.11 Å². The number of carboxylic acid groups (broad SMARTS) is 1. The van der Waals surface area contributed by atoms with E-state index < -0.39 is 5.97 Å². The highest BCUT2D eigenvalue weighted by atomic mass is 16.4. The molecular weight excluding hydrogens is 244 g/mol. The SMILES string of the molecule is O=C(Cn1cccc1C(=O)O)NCC1(C2CC2)CC1. The molecule has 102 valence electrons. The fourth-order valence-corrected chi connectivity index (χ4v) is 2.82. The maximum Gasteiger partial charge on any atom is 0.352 e. The van der Waals surface area contributed by atoms with Gasteiger partial charge in [-0.2, -0.15) is 0 Å². The number of rotatable bonds is 6. The van der Waals surface area contributed by atoms with Gasteiger partial charge in [-0.15, -0.1) is 0 Å². The highest BCUT2D eigenvalue weighted by Gasteiger charge is 2.53. The maximum atomic E-state index is 11.9. The molecular formula is C14H18N2O3. The van der Waals surface area contributed by atoms with Crippen LogP contribution in [0, 0.1) is 11.3 Å². The number of nitrogens with zero attached hydrogens (tertiary/aromatic N) is 1. The van der Waals surface area contributed by atoms with Crippen LogP contribution in [-0.4, -0.2) is 28.1 Å². The van der Waals surface area contributed by atoms with Crippen molar-refractivity contribution in [2.24, 2.45) is 11.3 Å². The van der Waals surface area contributed by atoms with E-state index in [-0.39, 0.29) is 18.1 Å². The first-order valence-electron chi connectivity index (χ1n) is 6.76. The predicted octanol–water partition coefficient (Wildman–Crippen LogP) is 1.49. The molecule has 0 aromatic carbocycles. The number of carbonyl (C=O) groups excluding carboxylic acids is 1. The van der Waals surface area contributed by atoms with Crippen LogP contribution in [0.2, 0.25) is 0 Å². The average Bonchev–Trinajstić information content (AvgIpc) is 3.25. The normalized spacial score (nSPS) is 20.0. The summed E-state index contributed by atoms with van der Waals surface area (Å²) in [5, 5.41) is 11.9. The van der Waals surface area contributed by atoms with Crippen molar-refractivity contribution < 1.29 is 14.7 Å². The first kappa shape index (κ1) is 12.3. The third-order valence-electron chi connectivity index (χ3n) is 4.34. The molecule has 3 rings (SSSR count). The molecule has 0 unspecified atom stereocenters. The molecule has 0 spiro atoms. The highest BCUT2D eigenvalue weighted by molar-refractivity contribution is 5.86. The summed E-state index contributed by atoms with van der Waals surface area (Å²) in [5.74, 6) is -0.297. The van der Waals surface area contributed by atoms with Crippen LogP contribution in [-0.2, 0) is 11.3 Å². The van der Waals surface area contributed by atoms with Gasteiger partial charge in [0.25, 0.3) is 0 Å². The molecule has 0 bridgehead atoms. The van der Waals surface area contributed by atoms with Crippen LogP contribution in [0.25, 0.3) is 0 Å². The van der Waals surface area contributed by atoms with Gasteiger partial charge in [0.05, 0.1) is 0 Å². The first-order valence-corrected chi connectivity index (χ1v) is 6.76. The van der Waals surface area contributed by atoms with E-state index in [1.54, 1.807) is 12.3 Å². The second-order valence-electron chi connectivity index (χ2n) is 5.74. The lowest BCUT2D eigenvalue weighted by atomic mass is 10.0. The minimum absolute atomic E-state index is 0.0787. The van der Waals surface area contributed by atoms with Crippen LogP contribution >= 0.6 is 0 Å². The summed E-state index contributed by atoms with van der Waals surface area (Å²) >= 11 is 0. The van der Waals surface area contributed by atoms with E-state index >= 15 is 0 Å². The molecule has 0 radical (unpaired) electrons. The second kappa shape index (κ2) is 4.40. The lowest BCUT2D eigenvalue weighted by molar-refractivity contribution is -0.122. The molecule has 5 nitrogen and oxygen atoms in total. The van der Waals surface area contributed by atoms with E-state index in [1.165, 1.54) is 36.3 Å². The van der Waals surface area contributed by atoms with Crippen LogP contribution in [0.1, 0.15) is 36.2 Å². The van der Waals surface area contributed by atoms with Crippen molar-refractivity contribution in [3.63, 3.8) is 0 Å². The fourth-order valence-electron chi connectivity index (χ4n) is 2.82. The molecule has 2 saturated carbocycles. The molecule has 1 aromatic heterocycles. The van der Waals surface area contributed by atoms with Gasteiger partial charge in [-0.3, -0.25) is 4.79 Å². The maximum absolute atomic E-state index is 11.9. The lowest BCUT2D eigenvalue weighted by Gasteiger charge is -2.15. The van der Waals surface area contributed by atoms with Crippen molar-refractivity contribution in [3.05, 3.63) is 24.0 Å². The summed E-state index contributed by atoms with van der Waals surface area (Å²) in [7, 11) is 0. The van der Waals surface area contributed by atoms with E-state index in [9.17, 15) is 9.59 Å². The van der Waals surface area contributed by atoms with E-state index in [0.717, 1.165) is 12.5 Å². The summed E-state index contributed by atoms with van der Waals surface area (Å²) < 4.78 is 1.47. The van der Waals surface area contributed by atoms with Gasteiger partial charge >= 0.3 is 5.97 Å². The van der Waals surface area contributed by atoms with Crippen molar-refractivity contribution in [1.82, 2.24) is 9.88 Å². The van der Waals surface area contributed by atoms with Crippen LogP contribution in [0.5, 0.6) is 0 Å². The van der Waals surface area contributed by atoms with Crippen LogP contribution in [0.15, 0.2) is 18.3 Å². The summed E-state index contributed by atoms with van der Waals surface area (Å²) in [6.07, 6.45) is 6.67. The number of aromatic carboxylic acids is 1. The number of carbonyl (C=O) groups is 2. The van der Waals surface area contributed by atoms with Gasteiger partial charge in [-0.1, -0.05) is 0 Å². The van der Waals surface area contributed by atoms with Crippen molar-refractivity contribution in [1.29, 1.82) is 0 Å². The Morgan fingerprint density at radius 1 is 1.42 bits per heavy atom. The minimum Gasteiger partial charge on any atom is -0.477 e. The van der Waals surface area contributed by atoms with Gasteiger partial charge in [0, 0.05) is 12.7 Å². The Morgan fingerprint density at radius 2 is 2.16 bits per heavy atom. The molecule has 5 heteroatoms. The summed E-state index contributed by atoms with van der Waals surface area (Å²) in [6.45, 7) is 0.829. The standard InChI is InChI=1S/C14H18N2O3/c17-12(8-16-7-1-2-11(16)13(18)19)15-9-14(5-6-14)10-3-4-10/h1-2,7,10H,3-6,8-9H2,(H,15,17)(H,18,19).